The van der Waals surface area contributed by atoms with Crippen molar-refractivity contribution in [1.82, 2.24) is 4.37 Å². The lowest BCUT2D eigenvalue weighted by atomic mass is 10.2. The molecule has 1 aromatic heterocycles. The van der Waals surface area contributed by atoms with Gasteiger partial charge >= 0.3 is 0 Å². The molecule has 3 aromatic rings. The molecule has 0 amide bonds. The second-order valence-corrected chi connectivity index (χ2v) is 6.97. The van der Waals surface area contributed by atoms with E-state index < -0.39 is 11.6 Å². The quantitative estimate of drug-likeness (QED) is 0.420. The van der Waals surface area contributed by atoms with E-state index in [0.29, 0.717) is 16.4 Å². The van der Waals surface area contributed by atoms with Gasteiger partial charge in [-0.25, -0.2) is 4.39 Å². The molecule has 6 nitrogen and oxygen atoms in total. The molecule has 0 radical (unpaired) electrons. The first-order valence-electron chi connectivity index (χ1n) is 8.39. The molecule has 0 aliphatic heterocycles. The number of hydrogen-bond acceptors (Lipinski definition) is 5. The lowest BCUT2D eigenvalue weighted by Crippen LogP contribution is -2.23. The van der Waals surface area contributed by atoms with Crippen molar-refractivity contribution >= 4 is 28.1 Å². The van der Waals surface area contributed by atoms with Crippen LogP contribution < -0.4 is 21.3 Å². The monoisotopic (exact) mass is 404 g/mol. The SMILES string of the molecule is CC(C)N=C(N)c1c(Nc2ccc(Oc3cccc(F)c3F)cc2)s[nH]c1=O. The molecule has 0 aliphatic rings. The van der Waals surface area contributed by atoms with Crippen molar-refractivity contribution in [3.63, 3.8) is 0 Å². The summed E-state index contributed by atoms with van der Waals surface area (Å²) < 4.78 is 35.0. The molecule has 0 saturated heterocycles. The number of benzene rings is 2. The number of rotatable bonds is 6. The molecule has 2 aromatic carbocycles. The van der Waals surface area contributed by atoms with Crippen molar-refractivity contribution in [3.8, 4) is 11.5 Å². The van der Waals surface area contributed by atoms with Crippen molar-refractivity contribution < 1.29 is 13.5 Å². The van der Waals surface area contributed by atoms with Gasteiger partial charge in [-0.15, -0.1) is 0 Å². The number of nitrogens with zero attached hydrogens (tertiary/aromatic N) is 1. The molecule has 0 spiro atoms. The van der Waals surface area contributed by atoms with Crippen molar-refractivity contribution in [2.45, 2.75) is 19.9 Å². The molecule has 0 fully saturated rings. The van der Waals surface area contributed by atoms with Crippen LogP contribution in [0.1, 0.15) is 19.4 Å². The summed E-state index contributed by atoms with van der Waals surface area (Å²) in [5.41, 5.74) is 6.55. The summed E-state index contributed by atoms with van der Waals surface area (Å²) in [5.74, 6) is -1.75. The summed E-state index contributed by atoms with van der Waals surface area (Å²) in [6.45, 7) is 3.72. The average Bonchev–Trinajstić information content (AvgIpc) is 3.00. The Labute approximate surface area is 163 Å². The van der Waals surface area contributed by atoms with E-state index in [0.717, 1.165) is 17.6 Å². The van der Waals surface area contributed by atoms with Gasteiger partial charge in [-0.1, -0.05) is 6.07 Å². The molecule has 0 unspecified atom stereocenters. The molecule has 0 aliphatic carbocycles. The molecule has 0 saturated carbocycles. The largest absolute Gasteiger partial charge is 0.454 e. The minimum absolute atomic E-state index is 0.0493. The first kappa shape index (κ1) is 19.6. The van der Waals surface area contributed by atoms with E-state index in [4.69, 9.17) is 10.5 Å². The Balaban J connectivity index is 1.79. The number of anilines is 2. The number of aromatic amines is 1. The number of aromatic nitrogens is 1. The maximum Gasteiger partial charge on any atom is 0.271 e. The number of nitrogens with one attached hydrogen (secondary N) is 2. The zero-order valence-electron chi connectivity index (χ0n) is 15.1. The van der Waals surface area contributed by atoms with Gasteiger partial charge in [0.05, 0.1) is 0 Å². The van der Waals surface area contributed by atoms with Crippen LogP contribution in [0, 0.1) is 11.6 Å². The highest BCUT2D eigenvalue weighted by Crippen LogP contribution is 2.28. The topological polar surface area (TPSA) is 92.5 Å². The molecule has 9 heteroatoms. The van der Waals surface area contributed by atoms with E-state index in [-0.39, 0.29) is 28.7 Å². The van der Waals surface area contributed by atoms with Crippen LogP contribution in [0.25, 0.3) is 0 Å². The number of halogens is 2. The smallest absolute Gasteiger partial charge is 0.271 e. The van der Waals surface area contributed by atoms with E-state index in [2.05, 4.69) is 14.7 Å². The number of amidine groups is 1. The van der Waals surface area contributed by atoms with E-state index in [9.17, 15) is 13.6 Å². The fourth-order valence-electron chi connectivity index (χ4n) is 2.39. The van der Waals surface area contributed by atoms with E-state index in [1.54, 1.807) is 24.3 Å². The second-order valence-electron chi connectivity index (χ2n) is 6.15. The molecule has 1 heterocycles. The molecule has 28 heavy (non-hydrogen) atoms. The van der Waals surface area contributed by atoms with E-state index >= 15 is 0 Å². The normalized spacial score (nSPS) is 11.7. The maximum atomic E-state index is 13.7. The van der Waals surface area contributed by atoms with Gasteiger partial charge < -0.3 is 15.8 Å². The highest BCUT2D eigenvalue weighted by molar-refractivity contribution is 7.10. The third-order valence-electron chi connectivity index (χ3n) is 3.61. The number of aliphatic imine (C=N–C) groups is 1. The standard InChI is InChI=1S/C19H18F2N4O2S/c1-10(2)23-17(22)15-18(26)25-28-19(15)24-11-6-8-12(9-7-11)27-14-5-3-4-13(20)16(14)21/h3-10,24H,1-2H3,(H2,22,23)(H,25,26). The summed E-state index contributed by atoms with van der Waals surface area (Å²) >= 11 is 1.10. The molecule has 0 atom stereocenters. The van der Waals surface area contributed by atoms with Gasteiger partial charge in [-0.05, 0) is 61.8 Å². The Morgan fingerprint density at radius 3 is 2.61 bits per heavy atom. The van der Waals surface area contributed by atoms with Crippen LogP contribution in [-0.2, 0) is 0 Å². The third kappa shape index (κ3) is 4.37. The Kier molecular flexibility index (Phi) is 5.74. The lowest BCUT2D eigenvalue weighted by molar-refractivity contribution is 0.416. The van der Waals surface area contributed by atoms with E-state index in [1.807, 2.05) is 13.8 Å². The number of H-pyrrole nitrogens is 1. The van der Waals surface area contributed by atoms with Gasteiger partial charge in [-0.3, -0.25) is 14.2 Å². The van der Waals surface area contributed by atoms with Crippen LogP contribution in [0.4, 0.5) is 19.5 Å². The lowest BCUT2D eigenvalue weighted by Gasteiger charge is -2.09. The molecule has 146 valence electrons. The maximum absolute atomic E-state index is 13.7. The summed E-state index contributed by atoms with van der Waals surface area (Å²) in [5, 5.41) is 3.62. The van der Waals surface area contributed by atoms with Crippen LogP contribution in [0.5, 0.6) is 11.5 Å². The van der Waals surface area contributed by atoms with Crippen molar-refractivity contribution in [2.24, 2.45) is 10.7 Å². The summed E-state index contributed by atoms with van der Waals surface area (Å²) in [6.07, 6.45) is 0. The van der Waals surface area contributed by atoms with Gasteiger partial charge in [0.15, 0.2) is 11.6 Å². The zero-order valence-corrected chi connectivity index (χ0v) is 15.9. The van der Waals surface area contributed by atoms with Gasteiger partial charge in [0.25, 0.3) is 5.56 Å². The van der Waals surface area contributed by atoms with Crippen LogP contribution in [0.3, 0.4) is 0 Å². The number of ether oxygens (including phenoxy) is 1. The summed E-state index contributed by atoms with van der Waals surface area (Å²) in [6, 6.07) is 10.2. The van der Waals surface area contributed by atoms with Crippen molar-refractivity contribution in [1.29, 1.82) is 0 Å². The predicted octanol–water partition coefficient (Wildman–Crippen LogP) is 4.36. The van der Waals surface area contributed by atoms with Gasteiger partial charge in [0.2, 0.25) is 5.82 Å². The first-order chi connectivity index (χ1) is 13.3. The number of hydrogen-bond donors (Lipinski definition) is 3. The first-order valence-corrected chi connectivity index (χ1v) is 9.21. The second kappa shape index (κ2) is 8.22. The van der Waals surface area contributed by atoms with Crippen LogP contribution in [-0.4, -0.2) is 16.3 Å². The molecular weight excluding hydrogens is 386 g/mol. The third-order valence-corrected chi connectivity index (χ3v) is 4.41. The van der Waals surface area contributed by atoms with E-state index in [1.165, 1.54) is 12.1 Å². The minimum atomic E-state index is -1.05. The van der Waals surface area contributed by atoms with Crippen molar-refractivity contribution in [2.75, 3.05) is 5.32 Å². The minimum Gasteiger partial charge on any atom is -0.454 e. The van der Waals surface area contributed by atoms with Crippen LogP contribution in [0.15, 0.2) is 52.3 Å². The van der Waals surface area contributed by atoms with Crippen molar-refractivity contribution in [3.05, 3.63) is 70.0 Å². The molecule has 4 N–H and O–H groups in total. The van der Waals surface area contributed by atoms with Crippen LogP contribution in [0.2, 0.25) is 0 Å². The Morgan fingerprint density at radius 2 is 1.93 bits per heavy atom. The van der Waals surface area contributed by atoms with Crippen LogP contribution >= 0.6 is 11.5 Å². The average molecular weight is 404 g/mol. The summed E-state index contributed by atoms with van der Waals surface area (Å²) in [7, 11) is 0. The highest BCUT2D eigenvalue weighted by atomic mass is 32.1. The van der Waals surface area contributed by atoms with Gasteiger partial charge in [-0.2, -0.15) is 4.39 Å². The Bertz CT molecular complexity index is 1060. The molecule has 0 bridgehead atoms. The highest BCUT2D eigenvalue weighted by Gasteiger charge is 2.15. The van der Waals surface area contributed by atoms with Gasteiger partial charge in [0.1, 0.15) is 22.1 Å². The molecular formula is C19H18F2N4O2S. The number of nitrogens with two attached hydrogens (primary N) is 1. The molecule has 3 rings (SSSR count). The Hall–Kier alpha value is -3.20. The fourth-order valence-corrected chi connectivity index (χ4v) is 3.16. The zero-order chi connectivity index (χ0) is 20.3. The Morgan fingerprint density at radius 1 is 1.21 bits per heavy atom. The predicted molar refractivity (Wildman–Crippen MR) is 107 cm³/mol. The fraction of sp³-hybridized carbons (Fsp3) is 0.158. The summed E-state index contributed by atoms with van der Waals surface area (Å²) in [4.78, 5) is 16.3. The van der Waals surface area contributed by atoms with Gasteiger partial charge in [0, 0.05) is 11.7 Å².